The average Bonchev–Trinajstić information content (AvgIpc) is 2.39. The van der Waals surface area contributed by atoms with Crippen molar-refractivity contribution in [2.75, 3.05) is 0 Å². The van der Waals surface area contributed by atoms with Crippen LogP contribution in [0.5, 0.6) is 0 Å². The molecule has 5 nitrogen and oxygen atoms in total. The molecular formula is C13H12N2O3. The van der Waals surface area contributed by atoms with E-state index in [1.54, 1.807) is 31.2 Å². The molecule has 92 valence electrons. The number of para-hydroxylation sites is 1. The van der Waals surface area contributed by atoms with Gasteiger partial charge in [0.25, 0.3) is 5.56 Å². The van der Waals surface area contributed by atoms with Crippen LogP contribution in [0, 0.1) is 0 Å². The number of hydrogen-bond acceptors (Lipinski definition) is 3. The molecule has 2 rings (SSSR count). The van der Waals surface area contributed by atoms with Crippen LogP contribution >= 0.6 is 0 Å². The number of carboxylic acid groups (broad SMARTS) is 1. The Kier molecular flexibility index (Phi) is 3.23. The maximum Gasteiger partial charge on any atom is 0.337 e. The molecule has 18 heavy (non-hydrogen) atoms. The SMILES string of the molecule is CCc1nn(-c2ccccc2)c(=O)cc1C(=O)O. The van der Waals surface area contributed by atoms with Gasteiger partial charge >= 0.3 is 5.97 Å². The molecule has 0 aliphatic rings. The Morgan fingerprint density at radius 2 is 2.00 bits per heavy atom. The lowest BCUT2D eigenvalue weighted by atomic mass is 10.2. The third-order valence-corrected chi connectivity index (χ3v) is 2.57. The van der Waals surface area contributed by atoms with Crippen LogP contribution in [0.2, 0.25) is 0 Å². The molecule has 0 aliphatic heterocycles. The summed E-state index contributed by atoms with van der Waals surface area (Å²) in [5, 5.41) is 13.1. The molecule has 0 fully saturated rings. The van der Waals surface area contributed by atoms with Crippen molar-refractivity contribution in [3.63, 3.8) is 0 Å². The second-order valence-corrected chi connectivity index (χ2v) is 3.75. The first-order valence-electron chi connectivity index (χ1n) is 5.55. The van der Waals surface area contributed by atoms with Crippen molar-refractivity contribution in [3.05, 3.63) is 58.0 Å². The zero-order valence-corrected chi connectivity index (χ0v) is 9.83. The fourth-order valence-corrected chi connectivity index (χ4v) is 1.69. The Balaban J connectivity index is 2.65. The van der Waals surface area contributed by atoms with Crippen LogP contribution in [0.1, 0.15) is 23.0 Å². The summed E-state index contributed by atoms with van der Waals surface area (Å²) in [5.74, 6) is -1.13. The summed E-state index contributed by atoms with van der Waals surface area (Å²) in [6.07, 6.45) is 0.453. The first kappa shape index (κ1) is 12.0. The Bertz CT molecular complexity index is 632. The molecule has 0 amide bonds. The molecule has 0 saturated heterocycles. The summed E-state index contributed by atoms with van der Waals surface area (Å²) in [6.45, 7) is 1.80. The fraction of sp³-hybridized carbons (Fsp3) is 0.154. The molecule has 1 aromatic heterocycles. The van der Waals surface area contributed by atoms with E-state index in [1.165, 1.54) is 4.68 Å². The van der Waals surface area contributed by atoms with Crippen molar-refractivity contribution in [2.45, 2.75) is 13.3 Å². The highest BCUT2D eigenvalue weighted by Gasteiger charge is 2.13. The molecular weight excluding hydrogens is 232 g/mol. The van der Waals surface area contributed by atoms with Gasteiger partial charge in [-0.3, -0.25) is 4.79 Å². The monoisotopic (exact) mass is 244 g/mol. The minimum atomic E-state index is -1.13. The Labute approximate surface area is 103 Å². The summed E-state index contributed by atoms with van der Waals surface area (Å²) < 4.78 is 1.21. The van der Waals surface area contributed by atoms with Gasteiger partial charge in [0.05, 0.1) is 16.9 Å². The van der Waals surface area contributed by atoms with E-state index >= 15 is 0 Å². The predicted molar refractivity (Wildman–Crippen MR) is 66.2 cm³/mol. The number of aromatic nitrogens is 2. The summed E-state index contributed by atoms with van der Waals surface area (Å²) in [4.78, 5) is 22.8. The first-order valence-corrected chi connectivity index (χ1v) is 5.55. The second kappa shape index (κ2) is 4.83. The van der Waals surface area contributed by atoms with Gasteiger partial charge in [-0.1, -0.05) is 25.1 Å². The highest BCUT2D eigenvalue weighted by Crippen LogP contribution is 2.07. The number of hydrogen-bond donors (Lipinski definition) is 1. The molecule has 2 aromatic rings. The van der Waals surface area contributed by atoms with Crippen LogP contribution < -0.4 is 5.56 Å². The predicted octanol–water partition coefficient (Wildman–Crippen LogP) is 1.49. The van der Waals surface area contributed by atoms with Crippen LogP contribution in [-0.4, -0.2) is 20.9 Å². The lowest BCUT2D eigenvalue weighted by molar-refractivity contribution is 0.0694. The van der Waals surface area contributed by atoms with Crippen molar-refractivity contribution < 1.29 is 9.90 Å². The van der Waals surface area contributed by atoms with Gasteiger partial charge < -0.3 is 5.11 Å². The maximum absolute atomic E-state index is 11.9. The average molecular weight is 244 g/mol. The topological polar surface area (TPSA) is 72.2 Å². The normalized spacial score (nSPS) is 10.3. The van der Waals surface area contributed by atoms with E-state index in [-0.39, 0.29) is 5.56 Å². The Morgan fingerprint density at radius 3 is 2.56 bits per heavy atom. The highest BCUT2D eigenvalue weighted by atomic mass is 16.4. The molecule has 0 radical (unpaired) electrons. The van der Waals surface area contributed by atoms with Gasteiger partial charge in [0, 0.05) is 6.07 Å². The van der Waals surface area contributed by atoms with Crippen LogP contribution in [-0.2, 0) is 6.42 Å². The van der Waals surface area contributed by atoms with E-state index in [1.807, 2.05) is 6.07 Å². The molecule has 0 spiro atoms. The minimum Gasteiger partial charge on any atom is -0.478 e. The van der Waals surface area contributed by atoms with Gasteiger partial charge in [-0.2, -0.15) is 9.78 Å². The third-order valence-electron chi connectivity index (χ3n) is 2.57. The minimum absolute atomic E-state index is 0.0327. The Morgan fingerprint density at radius 1 is 1.33 bits per heavy atom. The standard InChI is InChI=1S/C13H12N2O3/c1-2-11-10(13(17)18)8-12(16)15(14-11)9-6-4-3-5-7-9/h3-8H,2H2,1H3,(H,17,18). The van der Waals surface area contributed by atoms with Crippen molar-refractivity contribution in [2.24, 2.45) is 0 Å². The maximum atomic E-state index is 11.9. The van der Waals surface area contributed by atoms with E-state index < -0.39 is 11.5 Å². The smallest absolute Gasteiger partial charge is 0.337 e. The first-order chi connectivity index (χ1) is 8.63. The molecule has 1 N–H and O–H groups in total. The van der Waals surface area contributed by atoms with E-state index in [4.69, 9.17) is 5.11 Å². The van der Waals surface area contributed by atoms with Crippen molar-refractivity contribution in [3.8, 4) is 5.69 Å². The van der Waals surface area contributed by atoms with Crippen LogP contribution in [0.15, 0.2) is 41.2 Å². The van der Waals surface area contributed by atoms with Gasteiger partial charge in [0.15, 0.2) is 0 Å². The number of aryl methyl sites for hydroxylation is 1. The number of nitrogens with zero attached hydrogens (tertiary/aromatic N) is 2. The summed E-state index contributed by atoms with van der Waals surface area (Å²) in [6, 6.07) is 10.0. The number of benzene rings is 1. The zero-order valence-electron chi connectivity index (χ0n) is 9.83. The molecule has 0 saturated carbocycles. The lowest BCUT2D eigenvalue weighted by Gasteiger charge is -2.08. The van der Waals surface area contributed by atoms with E-state index in [9.17, 15) is 9.59 Å². The third kappa shape index (κ3) is 2.15. The molecule has 0 bridgehead atoms. The number of aromatic carboxylic acids is 1. The van der Waals surface area contributed by atoms with Crippen LogP contribution in [0.25, 0.3) is 5.69 Å². The summed E-state index contributed by atoms with van der Waals surface area (Å²) >= 11 is 0. The zero-order chi connectivity index (χ0) is 13.1. The molecule has 1 heterocycles. The van der Waals surface area contributed by atoms with E-state index in [0.29, 0.717) is 17.8 Å². The number of carbonyl (C=O) groups is 1. The van der Waals surface area contributed by atoms with Crippen molar-refractivity contribution >= 4 is 5.97 Å². The van der Waals surface area contributed by atoms with Crippen LogP contribution in [0.4, 0.5) is 0 Å². The quantitative estimate of drug-likeness (QED) is 0.887. The molecule has 0 unspecified atom stereocenters. The van der Waals surface area contributed by atoms with E-state index in [2.05, 4.69) is 5.10 Å². The summed E-state index contributed by atoms with van der Waals surface area (Å²) in [5.41, 5.74) is 0.533. The van der Waals surface area contributed by atoms with Gasteiger partial charge in [0.2, 0.25) is 0 Å². The molecule has 1 aromatic carbocycles. The fourth-order valence-electron chi connectivity index (χ4n) is 1.69. The lowest BCUT2D eigenvalue weighted by Crippen LogP contribution is -2.24. The number of rotatable bonds is 3. The van der Waals surface area contributed by atoms with Crippen molar-refractivity contribution in [1.29, 1.82) is 0 Å². The second-order valence-electron chi connectivity index (χ2n) is 3.75. The van der Waals surface area contributed by atoms with Crippen LogP contribution in [0.3, 0.4) is 0 Å². The van der Waals surface area contributed by atoms with Gasteiger partial charge in [-0.15, -0.1) is 0 Å². The number of carboxylic acids is 1. The molecule has 0 aliphatic carbocycles. The van der Waals surface area contributed by atoms with E-state index in [0.717, 1.165) is 6.07 Å². The van der Waals surface area contributed by atoms with Gasteiger partial charge in [-0.05, 0) is 18.6 Å². The molecule has 0 atom stereocenters. The summed E-state index contributed by atoms with van der Waals surface area (Å²) in [7, 11) is 0. The van der Waals surface area contributed by atoms with Gasteiger partial charge in [0.1, 0.15) is 0 Å². The largest absolute Gasteiger partial charge is 0.478 e. The highest BCUT2D eigenvalue weighted by molar-refractivity contribution is 5.88. The molecule has 5 heteroatoms. The van der Waals surface area contributed by atoms with Crippen molar-refractivity contribution in [1.82, 2.24) is 9.78 Å². The Hall–Kier alpha value is -2.43. The van der Waals surface area contributed by atoms with Gasteiger partial charge in [-0.25, -0.2) is 4.79 Å².